The molecular weight excluding hydrogens is 472 g/mol. The second-order valence-corrected chi connectivity index (χ2v) is 10.0. The van der Waals surface area contributed by atoms with Crippen molar-refractivity contribution in [2.45, 2.75) is 51.4 Å². The van der Waals surface area contributed by atoms with Crippen LogP contribution in [0.5, 0.6) is 0 Å². The number of fused-ring (bicyclic) bond motifs is 3. The van der Waals surface area contributed by atoms with Gasteiger partial charge in [-0.25, -0.2) is 10.0 Å². The Hall–Kier alpha value is -2.50. The first-order valence-corrected chi connectivity index (χ1v) is 13.4. The van der Waals surface area contributed by atoms with Crippen LogP contribution in [0.2, 0.25) is 0 Å². The molecule has 0 saturated carbocycles. The number of carbonyl (C=O) groups excluding carboxylic acids is 2. The Morgan fingerprint density at radius 3 is 2.43 bits per heavy atom. The van der Waals surface area contributed by atoms with Crippen LogP contribution in [-0.2, 0) is 38.7 Å². The molecule has 1 aromatic carbocycles. The van der Waals surface area contributed by atoms with Gasteiger partial charge in [-0.05, 0) is 24.5 Å². The molecule has 1 saturated heterocycles. The number of nitrogens with one attached hydrogen (secondary N) is 1. The zero-order valence-corrected chi connectivity index (χ0v) is 22.3. The van der Waals surface area contributed by atoms with E-state index in [0.29, 0.717) is 45.4 Å². The molecule has 0 bridgehead atoms. The van der Waals surface area contributed by atoms with Crippen molar-refractivity contribution in [3.05, 3.63) is 35.5 Å². The van der Waals surface area contributed by atoms with Gasteiger partial charge in [0, 0.05) is 82.3 Å². The van der Waals surface area contributed by atoms with E-state index < -0.39 is 0 Å². The highest BCUT2D eigenvalue weighted by molar-refractivity contribution is 5.86. The van der Waals surface area contributed by atoms with E-state index in [1.165, 1.54) is 22.2 Å². The molecule has 204 valence electrons. The van der Waals surface area contributed by atoms with Gasteiger partial charge in [-0.3, -0.25) is 9.59 Å². The minimum atomic E-state index is -0.354. The van der Waals surface area contributed by atoms with Crippen molar-refractivity contribution < 1.29 is 19.1 Å². The van der Waals surface area contributed by atoms with Crippen LogP contribution in [0.1, 0.15) is 36.9 Å². The lowest BCUT2D eigenvalue weighted by Gasteiger charge is -2.34. The lowest BCUT2D eigenvalue weighted by atomic mass is 10.0. The molecule has 10 nitrogen and oxygen atoms in total. The number of ether oxygens (including phenoxy) is 2. The summed E-state index contributed by atoms with van der Waals surface area (Å²) in [6, 6.07) is 8.98. The number of aryl methyl sites for hydroxylation is 1. The molecule has 3 N–H and O–H groups in total. The molecule has 0 aliphatic carbocycles. The van der Waals surface area contributed by atoms with Gasteiger partial charge in [0.1, 0.15) is 0 Å². The van der Waals surface area contributed by atoms with Crippen molar-refractivity contribution in [3.8, 4) is 0 Å². The summed E-state index contributed by atoms with van der Waals surface area (Å²) in [5, 5.41) is 9.33. The van der Waals surface area contributed by atoms with Gasteiger partial charge in [-0.2, -0.15) is 0 Å². The molecule has 1 fully saturated rings. The molecule has 2 aromatic rings. The number of hydrogen-bond acceptors (Lipinski definition) is 7. The fourth-order valence-corrected chi connectivity index (χ4v) is 5.26. The number of piperidine rings is 1. The number of hydrazine groups is 1. The molecule has 0 spiro atoms. The van der Waals surface area contributed by atoms with E-state index in [1.807, 2.05) is 4.90 Å². The number of primary amides is 1. The second kappa shape index (κ2) is 13.3. The van der Waals surface area contributed by atoms with Crippen LogP contribution in [-0.4, -0.2) is 97.5 Å². The summed E-state index contributed by atoms with van der Waals surface area (Å²) in [6.45, 7) is 6.74. The van der Waals surface area contributed by atoms with Crippen molar-refractivity contribution in [1.82, 2.24) is 24.8 Å². The number of amides is 2. The Balaban J connectivity index is 1.17. The molecule has 2 aliphatic heterocycles. The average molecular weight is 515 g/mol. The minimum Gasteiger partial charge on any atom is -0.379 e. The zero-order chi connectivity index (χ0) is 26.2. The van der Waals surface area contributed by atoms with Gasteiger partial charge < -0.3 is 30.0 Å². The van der Waals surface area contributed by atoms with E-state index in [2.05, 4.69) is 58.3 Å². The molecule has 37 heavy (non-hydrogen) atoms. The van der Waals surface area contributed by atoms with Crippen molar-refractivity contribution in [2.24, 2.45) is 5.73 Å². The third kappa shape index (κ3) is 7.30. The Labute approximate surface area is 219 Å². The lowest BCUT2D eigenvalue weighted by Crippen LogP contribution is -2.45. The van der Waals surface area contributed by atoms with Gasteiger partial charge in [0.05, 0.1) is 33.0 Å². The Kier molecular flexibility index (Phi) is 9.93. The van der Waals surface area contributed by atoms with Crippen LogP contribution >= 0.6 is 0 Å². The van der Waals surface area contributed by atoms with Gasteiger partial charge in [0.15, 0.2) is 0 Å². The van der Waals surface area contributed by atoms with E-state index in [1.54, 1.807) is 0 Å². The van der Waals surface area contributed by atoms with Crippen LogP contribution in [0, 0.1) is 0 Å². The summed E-state index contributed by atoms with van der Waals surface area (Å²) < 4.78 is 13.2. The lowest BCUT2D eigenvalue weighted by molar-refractivity contribution is -0.132. The van der Waals surface area contributed by atoms with E-state index >= 15 is 0 Å². The number of para-hydroxylation sites is 1. The Morgan fingerprint density at radius 1 is 0.973 bits per heavy atom. The van der Waals surface area contributed by atoms with E-state index in [4.69, 9.17) is 15.2 Å². The molecule has 0 radical (unpaired) electrons. The highest BCUT2D eigenvalue weighted by atomic mass is 16.5. The molecule has 4 rings (SSSR count). The third-order valence-electron chi connectivity index (χ3n) is 7.48. The predicted molar refractivity (Wildman–Crippen MR) is 143 cm³/mol. The molecule has 2 aliphatic rings. The van der Waals surface area contributed by atoms with E-state index in [-0.39, 0.29) is 18.2 Å². The smallest absolute Gasteiger partial charge is 0.224 e. The molecule has 0 atom stereocenters. The summed E-state index contributed by atoms with van der Waals surface area (Å²) >= 11 is 0. The maximum atomic E-state index is 13.1. The molecule has 10 heteroatoms. The number of likely N-dealkylation sites (tertiary alicyclic amines) is 1. The summed E-state index contributed by atoms with van der Waals surface area (Å²) in [6.07, 6.45) is 2.68. The molecule has 1 aromatic heterocycles. The number of carbonyl (C=O) groups is 2. The highest BCUT2D eigenvalue weighted by Gasteiger charge is 2.26. The van der Waals surface area contributed by atoms with Gasteiger partial charge in [-0.1, -0.05) is 18.2 Å². The standard InChI is InChI=1S/C27H42N6O4/c1-30-19-23-22-5-3-4-6-24(22)33(25(23)20-31(30)2)14-9-27(35)32-12-7-21(8-13-32)29-11-16-37-18-17-36-15-10-26(28)34/h3-6,21,29H,7-20H2,1-2H3,(H2,28,34). The quantitative estimate of drug-likeness (QED) is 0.389. The fourth-order valence-electron chi connectivity index (χ4n) is 5.26. The number of rotatable bonds is 13. The van der Waals surface area contributed by atoms with E-state index in [0.717, 1.165) is 45.6 Å². The second-order valence-electron chi connectivity index (χ2n) is 10.0. The van der Waals surface area contributed by atoms with Gasteiger partial charge >= 0.3 is 0 Å². The first kappa shape index (κ1) is 27.5. The maximum absolute atomic E-state index is 13.1. The first-order chi connectivity index (χ1) is 17.9. The molecule has 2 amide bonds. The van der Waals surface area contributed by atoms with E-state index in [9.17, 15) is 9.59 Å². The number of nitrogens with two attached hydrogens (primary N) is 1. The zero-order valence-electron chi connectivity index (χ0n) is 22.3. The highest BCUT2D eigenvalue weighted by Crippen LogP contribution is 2.31. The largest absolute Gasteiger partial charge is 0.379 e. The number of aromatic nitrogens is 1. The van der Waals surface area contributed by atoms with Crippen molar-refractivity contribution in [1.29, 1.82) is 0 Å². The molecular formula is C27H42N6O4. The van der Waals surface area contributed by atoms with Crippen molar-refractivity contribution in [2.75, 3.05) is 60.2 Å². The maximum Gasteiger partial charge on any atom is 0.224 e. The van der Waals surface area contributed by atoms with Crippen LogP contribution in [0.25, 0.3) is 10.9 Å². The topological polar surface area (TPSA) is 105 Å². The van der Waals surface area contributed by atoms with Crippen molar-refractivity contribution in [3.63, 3.8) is 0 Å². The summed E-state index contributed by atoms with van der Waals surface area (Å²) in [7, 11) is 4.24. The van der Waals surface area contributed by atoms with Gasteiger partial charge in [0.2, 0.25) is 11.8 Å². The Bertz CT molecular complexity index is 1050. The van der Waals surface area contributed by atoms with Crippen LogP contribution in [0.4, 0.5) is 0 Å². The number of benzene rings is 1. The van der Waals surface area contributed by atoms with Crippen LogP contribution in [0.15, 0.2) is 24.3 Å². The SMILES string of the molecule is CN1Cc2c(n(CCC(=O)N3CCC(NCCOCCOCCC(N)=O)CC3)c3ccccc23)CN1C. The van der Waals surface area contributed by atoms with Crippen molar-refractivity contribution >= 4 is 22.7 Å². The summed E-state index contributed by atoms with van der Waals surface area (Å²) in [4.78, 5) is 25.8. The molecule has 3 heterocycles. The average Bonchev–Trinajstić information content (AvgIpc) is 3.19. The number of hydrogen-bond donors (Lipinski definition) is 2. The monoisotopic (exact) mass is 514 g/mol. The fraction of sp³-hybridized carbons (Fsp3) is 0.630. The minimum absolute atomic E-state index is 0.239. The van der Waals surface area contributed by atoms with Gasteiger partial charge in [0.25, 0.3) is 0 Å². The normalized spacial score (nSPS) is 17.4. The summed E-state index contributed by atoms with van der Waals surface area (Å²) in [5.74, 6) is -0.113. The number of nitrogens with zero attached hydrogens (tertiary/aromatic N) is 4. The predicted octanol–water partition coefficient (Wildman–Crippen LogP) is 1.31. The first-order valence-electron chi connectivity index (χ1n) is 13.4. The van der Waals surface area contributed by atoms with Gasteiger partial charge in [-0.15, -0.1) is 0 Å². The summed E-state index contributed by atoms with van der Waals surface area (Å²) in [5.41, 5.74) is 9.01. The van der Waals surface area contributed by atoms with Crippen LogP contribution in [0.3, 0.4) is 0 Å². The third-order valence-corrected chi connectivity index (χ3v) is 7.48. The van der Waals surface area contributed by atoms with Crippen LogP contribution < -0.4 is 11.1 Å². The molecule has 0 unspecified atom stereocenters. The Morgan fingerprint density at radius 2 is 1.68 bits per heavy atom.